The van der Waals surface area contributed by atoms with Gasteiger partial charge in [-0.1, -0.05) is 12.1 Å². The molecule has 1 heterocycles. The van der Waals surface area contributed by atoms with E-state index in [0.717, 1.165) is 0 Å². The van der Waals surface area contributed by atoms with Crippen LogP contribution in [0.25, 0.3) is 0 Å². The minimum Gasteiger partial charge on any atom is -0.497 e. The number of amides is 2. The topological polar surface area (TPSA) is 85.9 Å². The summed E-state index contributed by atoms with van der Waals surface area (Å²) in [5, 5.41) is 5.06. The second-order valence-corrected chi connectivity index (χ2v) is 5.39. The van der Waals surface area contributed by atoms with E-state index in [0.29, 0.717) is 29.5 Å². The molecule has 0 saturated carbocycles. The largest absolute Gasteiger partial charge is 0.497 e. The summed E-state index contributed by atoms with van der Waals surface area (Å²) >= 11 is 0. The van der Waals surface area contributed by atoms with Gasteiger partial charge in [0.2, 0.25) is 0 Å². The van der Waals surface area contributed by atoms with Crippen molar-refractivity contribution in [1.29, 1.82) is 0 Å². The second-order valence-electron chi connectivity index (χ2n) is 5.39. The Morgan fingerprint density at radius 2 is 1.80 bits per heavy atom. The normalized spacial score (nSPS) is 15.2. The van der Waals surface area contributed by atoms with E-state index in [2.05, 4.69) is 10.6 Å². The Balaban J connectivity index is 1.48. The first-order chi connectivity index (χ1) is 12.2. The number of methoxy groups -OCH3 is 1. The number of hydrogen-bond acceptors (Lipinski definition) is 5. The minimum absolute atomic E-state index is 0.170. The molecule has 0 aromatic heterocycles. The Morgan fingerprint density at radius 1 is 1.08 bits per heavy atom. The van der Waals surface area contributed by atoms with Gasteiger partial charge < -0.3 is 24.8 Å². The van der Waals surface area contributed by atoms with Gasteiger partial charge in [0.1, 0.15) is 18.5 Å². The summed E-state index contributed by atoms with van der Waals surface area (Å²) in [7, 11) is 1.55. The number of ether oxygens (including phenoxy) is 3. The van der Waals surface area contributed by atoms with Crippen LogP contribution in [0.4, 0.5) is 5.69 Å². The molecule has 3 rings (SSSR count). The highest BCUT2D eigenvalue weighted by atomic mass is 16.6. The van der Waals surface area contributed by atoms with E-state index in [1.807, 2.05) is 18.2 Å². The van der Waals surface area contributed by atoms with E-state index in [-0.39, 0.29) is 12.6 Å². The zero-order valence-electron chi connectivity index (χ0n) is 13.7. The number of carbonyl (C=O) groups excluding carboxylic acids is 2. The maximum atomic E-state index is 11.9. The van der Waals surface area contributed by atoms with E-state index >= 15 is 0 Å². The molecule has 2 N–H and O–H groups in total. The van der Waals surface area contributed by atoms with Crippen LogP contribution >= 0.6 is 0 Å². The zero-order chi connectivity index (χ0) is 17.6. The second kappa shape index (κ2) is 7.57. The number of carbonyl (C=O) groups is 2. The summed E-state index contributed by atoms with van der Waals surface area (Å²) < 4.78 is 16.3. The van der Waals surface area contributed by atoms with E-state index < -0.39 is 11.8 Å². The predicted molar refractivity (Wildman–Crippen MR) is 91.0 cm³/mol. The number of hydrogen-bond donors (Lipinski definition) is 2. The van der Waals surface area contributed by atoms with Crippen molar-refractivity contribution in [2.45, 2.75) is 6.10 Å². The van der Waals surface area contributed by atoms with Gasteiger partial charge in [0.05, 0.1) is 13.7 Å². The van der Waals surface area contributed by atoms with E-state index in [9.17, 15) is 9.59 Å². The van der Waals surface area contributed by atoms with E-state index in [4.69, 9.17) is 14.2 Å². The van der Waals surface area contributed by atoms with Gasteiger partial charge in [-0.05, 0) is 36.4 Å². The standard InChI is InChI=1S/C18H18N2O5/c1-23-13-8-6-12(7-9-13)20-18(22)17(21)19-10-14-11-24-15-4-2-3-5-16(15)25-14/h2-9,14H,10-11H2,1H3,(H,19,21)(H,20,22). The van der Waals surface area contributed by atoms with Crippen LogP contribution in [0.5, 0.6) is 17.2 Å². The van der Waals surface area contributed by atoms with Gasteiger partial charge in [-0.2, -0.15) is 0 Å². The first-order valence-electron chi connectivity index (χ1n) is 7.77. The van der Waals surface area contributed by atoms with Crippen molar-refractivity contribution in [3.8, 4) is 17.2 Å². The molecule has 1 aliphatic heterocycles. The van der Waals surface area contributed by atoms with Crippen LogP contribution in [-0.2, 0) is 9.59 Å². The van der Waals surface area contributed by atoms with Crippen molar-refractivity contribution in [2.75, 3.05) is 25.6 Å². The van der Waals surface area contributed by atoms with Crippen molar-refractivity contribution in [3.05, 3.63) is 48.5 Å². The molecule has 1 aliphatic rings. The Bertz CT molecular complexity index is 760. The van der Waals surface area contributed by atoms with Crippen molar-refractivity contribution < 1.29 is 23.8 Å². The molecule has 2 aromatic rings. The highest BCUT2D eigenvalue weighted by molar-refractivity contribution is 6.39. The van der Waals surface area contributed by atoms with Crippen LogP contribution < -0.4 is 24.8 Å². The average molecular weight is 342 g/mol. The Labute approximate surface area is 144 Å². The van der Waals surface area contributed by atoms with Crippen LogP contribution in [0, 0.1) is 0 Å². The van der Waals surface area contributed by atoms with Crippen LogP contribution in [0.1, 0.15) is 0 Å². The Hall–Kier alpha value is -3.22. The summed E-state index contributed by atoms with van der Waals surface area (Å²) in [6.07, 6.45) is -0.354. The molecular weight excluding hydrogens is 324 g/mol. The molecule has 1 atom stereocenters. The monoisotopic (exact) mass is 342 g/mol. The molecule has 0 aliphatic carbocycles. The summed E-state index contributed by atoms with van der Waals surface area (Å²) in [5.41, 5.74) is 0.507. The van der Waals surface area contributed by atoms with Gasteiger partial charge >= 0.3 is 11.8 Å². The van der Waals surface area contributed by atoms with Crippen LogP contribution in [0.15, 0.2) is 48.5 Å². The lowest BCUT2D eigenvalue weighted by Gasteiger charge is -2.26. The third-order valence-corrected chi connectivity index (χ3v) is 3.61. The summed E-state index contributed by atoms with van der Waals surface area (Å²) in [4.78, 5) is 23.8. The Kier molecular flexibility index (Phi) is 5.03. The molecule has 25 heavy (non-hydrogen) atoms. The van der Waals surface area contributed by atoms with Crippen LogP contribution in [-0.4, -0.2) is 38.2 Å². The fraction of sp³-hybridized carbons (Fsp3) is 0.222. The lowest BCUT2D eigenvalue weighted by Crippen LogP contribution is -2.44. The van der Waals surface area contributed by atoms with Crippen molar-refractivity contribution in [3.63, 3.8) is 0 Å². The smallest absolute Gasteiger partial charge is 0.313 e. The summed E-state index contributed by atoms with van der Waals surface area (Å²) in [5.74, 6) is 0.468. The fourth-order valence-corrected chi connectivity index (χ4v) is 2.31. The van der Waals surface area contributed by atoms with Gasteiger partial charge in [0.15, 0.2) is 11.5 Å². The van der Waals surface area contributed by atoms with Gasteiger partial charge in [-0.15, -0.1) is 0 Å². The molecule has 2 aromatic carbocycles. The fourth-order valence-electron chi connectivity index (χ4n) is 2.31. The van der Waals surface area contributed by atoms with Crippen LogP contribution in [0.2, 0.25) is 0 Å². The van der Waals surface area contributed by atoms with Gasteiger partial charge in [0.25, 0.3) is 0 Å². The zero-order valence-corrected chi connectivity index (χ0v) is 13.7. The number of fused-ring (bicyclic) bond motifs is 1. The lowest BCUT2D eigenvalue weighted by atomic mass is 10.2. The summed E-state index contributed by atoms with van der Waals surface area (Å²) in [6, 6.07) is 14.0. The number of anilines is 1. The molecule has 7 nitrogen and oxygen atoms in total. The maximum absolute atomic E-state index is 11.9. The highest BCUT2D eigenvalue weighted by Gasteiger charge is 2.22. The SMILES string of the molecule is COc1ccc(NC(=O)C(=O)NCC2COc3ccccc3O2)cc1. The van der Waals surface area contributed by atoms with Gasteiger partial charge in [-0.25, -0.2) is 0 Å². The average Bonchev–Trinajstić information content (AvgIpc) is 2.66. The van der Waals surface area contributed by atoms with Crippen molar-refractivity contribution >= 4 is 17.5 Å². The first-order valence-corrected chi connectivity index (χ1v) is 7.77. The van der Waals surface area contributed by atoms with Crippen molar-refractivity contribution in [2.24, 2.45) is 0 Å². The van der Waals surface area contributed by atoms with Gasteiger partial charge in [-0.3, -0.25) is 9.59 Å². The molecule has 2 amide bonds. The minimum atomic E-state index is -0.748. The molecule has 0 saturated heterocycles. The number of benzene rings is 2. The maximum Gasteiger partial charge on any atom is 0.313 e. The quantitative estimate of drug-likeness (QED) is 0.824. The molecule has 0 bridgehead atoms. The molecule has 130 valence electrons. The van der Waals surface area contributed by atoms with E-state index in [1.165, 1.54) is 0 Å². The van der Waals surface area contributed by atoms with Crippen LogP contribution in [0.3, 0.4) is 0 Å². The lowest BCUT2D eigenvalue weighted by molar-refractivity contribution is -0.136. The number of rotatable bonds is 4. The highest BCUT2D eigenvalue weighted by Crippen LogP contribution is 2.30. The third kappa shape index (κ3) is 4.20. The molecular formula is C18H18N2O5. The molecule has 1 unspecified atom stereocenters. The van der Waals surface area contributed by atoms with E-state index in [1.54, 1.807) is 37.4 Å². The Morgan fingerprint density at radius 3 is 2.52 bits per heavy atom. The number of para-hydroxylation sites is 2. The van der Waals surface area contributed by atoms with Gasteiger partial charge in [0, 0.05) is 5.69 Å². The molecule has 0 fully saturated rings. The first kappa shape index (κ1) is 16.6. The molecule has 7 heteroatoms. The molecule has 0 radical (unpaired) electrons. The van der Waals surface area contributed by atoms with Crippen molar-refractivity contribution in [1.82, 2.24) is 5.32 Å². The third-order valence-electron chi connectivity index (χ3n) is 3.61. The summed E-state index contributed by atoms with van der Waals surface area (Å²) in [6.45, 7) is 0.473. The predicted octanol–water partition coefficient (Wildman–Crippen LogP) is 1.59. The number of nitrogens with one attached hydrogen (secondary N) is 2. The molecule has 0 spiro atoms.